The molecule has 3 fully saturated rings. The molecule has 0 radical (unpaired) electrons. The SMILES string of the molecule is O=C(Nc1cccc(N[C@@H]2[C@@H]3CCO[C@@H]3C23CCC3)c1)c1ccoc1. The third-order valence-corrected chi connectivity index (χ3v) is 6.26. The molecule has 2 saturated carbocycles. The van der Waals surface area contributed by atoms with E-state index in [-0.39, 0.29) is 5.91 Å². The standard InChI is InChI=1S/C20H22N2O3/c23-19(13-5-9-24-12-13)22-15-4-1-3-14(11-15)21-17-16-6-10-25-18(16)20(17)7-2-8-20/h1,3-5,9,11-12,16-18,21H,2,6-8,10H2,(H,22,23)/t16-,17+,18-/m0/s1. The molecular weight excluding hydrogens is 316 g/mol. The molecule has 2 N–H and O–H groups in total. The Morgan fingerprint density at radius 1 is 1.20 bits per heavy atom. The molecule has 2 aromatic rings. The van der Waals surface area contributed by atoms with E-state index < -0.39 is 0 Å². The van der Waals surface area contributed by atoms with Crippen LogP contribution in [0, 0.1) is 11.3 Å². The minimum absolute atomic E-state index is 0.158. The van der Waals surface area contributed by atoms with E-state index in [2.05, 4.69) is 16.7 Å². The van der Waals surface area contributed by atoms with E-state index in [1.165, 1.54) is 31.8 Å². The van der Waals surface area contributed by atoms with Crippen molar-refractivity contribution in [2.45, 2.75) is 37.8 Å². The maximum atomic E-state index is 12.2. The fourth-order valence-corrected chi connectivity index (χ4v) is 4.92. The van der Waals surface area contributed by atoms with Crippen LogP contribution in [-0.2, 0) is 4.74 Å². The molecular formula is C20H22N2O3. The number of hydrogen-bond acceptors (Lipinski definition) is 4. The summed E-state index contributed by atoms with van der Waals surface area (Å²) in [5.74, 6) is 0.471. The molecule has 1 amide bonds. The Bertz CT molecular complexity index is 782. The Labute approximate surface area is 146 Å². The van der Waals surface area contributed by atoms with Gasteiger partial charge in [-0.05, 0) is 43.5 Å². The van der Waals surface area contributed by atoms with Crippen LogP contribution in [0.3, 0.4) is 0 Å². The van der Waals surface area contributed by atoms with Crippen molar-refractivity contribution in [2.24, 2.45) is 11.3 Å². The van der Waals surface area contributed by atoms with Gasteiger partial charge < -0.3 is 19.8 Å². The first-order chi connectivity index (χ1) is 12.3. The van der Waals surface area contributed by atoms with Gasteiger partial charge in [0.1, 0.15) is 6.26 Å². The predicted octanol–water partition coefficient (Wildman–Crippen LogP) is 3.90. The first-order valence-corrected chi connectivity index (χ1v) is 9.08. The molecule has 2 heterocycles. The van der Waals surface area contributed by atoms with Crippen LogP contribution in [0.25, 0.3) is 0 Å². The normalized spacial score (nSPS) is 28.7. The fourth-order valence-electron chi connectivity index (χ4n) is 4.92. The first kappa shape index (κ1) is 15.0. The van der Waals surface area contributed by atoms with E-state index in [9.17, 15) is 4.79 Å². The highest BCUT2D eigenvalue weighted by Crippen LogP contribution is 2.63. The largest absolute Gasteiger partial charge is 0.472 e. The minimum Gasteiger partial charge on any atom is -0.472 e. The van der Waals surface area contributed by atoms with E-state index in [1.54, 1.807) is 6.07 Å². The van der Waals surface area contributed by atoms with E-state index in [0.717, 1.165) is 24.4 Å². The van der Waals surface area contributed by atoms with Gasteiger partial charge in [0.15, 0.2) is 0 Å². The van der Waals surface area contributed by atoms with Crippen LogP contribution in [0.1, 0.15) is 36.0 Å². The van der Waals surface area contributed by atoms with Gasteiger partial charge in [-0.2, -0.15) is 0 Å². The van der Waals surface area contributed by atoms with Crippen molar-refractivity contribution in [1.82, 2.24) is 0 Å². The van der Waals surface area contributed by atoms with Crippen molar-refractivity contribution in [3.05, 3.63) is 48.4 Å². The smallest absolute Gasteiger partial charge is 0.258 e. The van der Waals surface area contributed by atoms with Crippen LogP contribution in [0.15, 0.2) is 47.3 Å². The summed E-state index contributed by atoms with van der Waals surface area (Å²) in [6.45, 7) is 0.899. The second-order valence-electron chi connectivity index (χ2n) is 7.50. The van der Waals surface area contributed by atoms with Crippen molar-refractivity contribution in [1.29, 1.82) is 0 Å². The van der Waals surface area contributed by atoms with Gasteiger partial charge in [0.2, 0.25) is 0 Å². The van der Waals surface area contributed by atoms with Gasteiger partial charge in [-0.15, -0.1) is 0 Å². The second-order valence-corrected chi connectivity index (χ2v) is 7.50. The molecule has 5 rings (SSSR count). The van der Waals surface area contributed by atoms with Gasteiger partial charge >= 0.3 is 0 Å². The molecule has 0 bridgehead atoms. The number of ether oxygens (including phenoxy) is 1. The number of hydrogen-bond donors (Lipinski definition) is 2. The monoisotopic (exact) mass is 338 g/mol. The van der Waals surface area contributed by atoms with E-state index in [4.69, 9.17) is 9.15 Å². The van der Waals surface area contributed by atoms with Gasteiger partial charge in [0.05, 0.1) is 17.9 Å². The molecule has 25 heavy (non-hydrogen) atoms. The molecule has 1 aromatic heterocycles. The summed E-state index contributed by atoms with van der Waals surface area (Å²) in [5.41, 5.74) is 2.72. The lowest BCUT2D eigenvalue weighted by atomic mass is 9.46. The molecule has 5 heteroatoms. The van der Waals surface area contributed by atoms with Crippen LogP contribution in [0.2, 0.25) is 0 Å². The quantitative estimate of drug-likeness (QED) is 0.887. The molecule has 5 nitrogen and oxygen atoms in total. The van der Waals surface area contributed by atoms with Gasteiger partial charge in [-0.25, -0.2) is 0 Å². The highest BCUT2D eigenvalue weighted by molar-refractivity contribution is 6.04. The number of rotatable bonds is 4. The Hall–Kier alpha value is -2.27. The maximum Gasteiger partial charge on any atom is 0.258 e. The number of anilines is 2. The molecule has 2 aliphatic carbocycles. The van der Waals surface area contributed by atoms with Gasteiger partial charge in [0, 0.05) is 35.4 Å². The fraction of sp³-hybridized carbons (Fsp3) is 0.450. The topological polar surface area (TPSA) is 63.5 Å². The Balaban J connectivity index is 1.31. The Kier molecular flexibility index (Phi) is 3.38. The summed E-state index contributed by atoms with van der Waals surface area (Å²) < 4.78 is 11.0. The summed E-state index contributed by atoms with van der Waals surface area (Å²) in [6, 6.07) is 10.1. The van der Waals surface area contributed by atoms with Crippen molar-refractivity contribution < 1.29 is 13.9 Å². The highest BCUT2D eigenvalue weighted by Gasteiger charge is 2.66. The van der Waals surface area contributed by atoms with Crippen LogP contribution in [-0.4, -0.2) is 24.7 Å². The van der Waals surface area contributed by atoms with Crippen molar-refractivity contribution in [2.75, 3.05) is 17.2 Å². The summed E-state index contributed by atoms with van der Waals surface area (Å²) in [4.78, 5) is 12.2. The van der Waals surface area contributed by atoms with Gasteiger partial charge in [-0.3, -0.25) is 4.79 Å². The van der Waals surface area contributed by atoms with Crippen LogP contribution in [0.4, 0.5) is 11.4 Å². The molecule has 1 aromatic carbocycles. The molecule has 3 atom stereocenters. The zero-order chi connectivity index (χ0) is 16.9. The zero-order valence-corrected chi connectivity index (χ0v) is 14.0. The van der Waals surface area contributed by atoms with E-state index in [0.29, 0.717) is 29.0 Å². The van der Waals surface area contributed by atoms with Crippen LogP contribution < -0.4 is 10.6 Å². The van der Waals surface area contributed by atoms with Gasteiger partial charge in [-0.1, -0.05) is 12.5 Å². The minimum atomic E-state index is -0.158. The molecule has 130 valence electrons. The first-order valence-electron chi connectivity index (χ1n) is 9.08. The third-order valence-electron chi connectivity index (χ3n) is 6.26. The van der Waals surface area contributed by atoms with Crippen molar-refractivity contribution in [3.8, 4) is 0 Å². The lowest BCUT2D eigenvalue weighted by molar-refractivity contribution is -0.158. The zero-order valence-electron chi connectivity index (χ0n) is 14.0. The average molecular weight is 338 g/mol. The Morgan fingerprint density at radius 2 is 2.08 bits per heavy atom. The number of nitrogens with one attached hydrogen (secondary N) is 2. The molecule has 1 aliphatic heterocycles. The molecule has 1 saturated heterocycles. The molecule has 0 unspecified atom stereocenters. The summed E-state index contributed by atoms with van der Waals surface area (Å²) in [6.07, 6.45) is 8.41. The number of carbonyl (C=O) groups is 1. The summed E-state index contributed by atoms with van der Waals surface area (Å²) >= 11 is 0. The van der Waals surface area contributed by atoms with Crippen molar-refractivity contribution >= 4 is 17.3 Å². The van der Waals surface area contributed by atoms with Crippen molar-refractivity contribution in [3.63, 3.8) is 0 Å². The maximum absolute atomic E-state index is 12.2. The Morgan fingerprint density at radius 3 is 2.84 bits per heavy atom. The van der Waals surface area contributed by atoms with E-state index >= 15 is 0 Å². The van der Waals surface area contributed by atoms with Crippen LogP contribution in [0.5, 0.6) is 0 Å². The number of carbonyl (C=O) groups excluding carboxylic acids is 1. The lowest BCUT2D eigenvalue weighted by Crippen LogP contribution is -2.68. The van der Waals surface area contributed by atoms with E-state index in [1.807, 2.05) is 18.2 Å². The third kappa shape index (κ3) is 2.29. The average Bonchev–Trinajstić information content (AvgIpc) is 3.22. The molecule has 1 spiro atoms. The number of benzene rings is 1. The predicted molar refractivity (Wildman–Crippen MR) is 94.6 cm³/mol. The number of amides is 1. The van der Waals surface area contributed by atoms with Crippen LogP contribution >= 0.6 is 0 Å². The highest BCUT2D eigenvalue weighted by atomic mass is 16.5. The van der Waals surface area contributed by atoms with Gasteiger partial charge in [0.25, 0.3) is 5.91 Å². The lowest BCUT2D eigenvalue weighted by Gasteiger charge is -2.63. The summed E-state index contributed by atoms with van der Waals surface area (Å²) in [5, 5.41) is 6.67. The number of fused-ring (bicyclic) bond motifs is 2. The molecule has 3 aliphatic rings. The number of furan rings is 1. The second kappa shape index (κ2) is 5.63. The summed E-state index contributed by atoms with van der Waals surface area (Å²) in [7, 11) is 0.